The Balaban J connectivity index is 3.19. The molecule has 20 heavy (non-hydrogen) atoms. The van der Waals surface area contributed by atoms with Crippen LogP contribution >= 0.6 is 0 Å². The van der Waals surface area contributed by atoms with Crippen LogP contribution in [0.4, 0.5) is 4.79 Å². The predicted octanol–water partition coefficient (Wildman–Crippen LogP) is 0.535. The second-order valence-electron chi connectivity index (χ2n) is 5.44. The Kier molecular flexibility index (Phi) is 4.86. The van der Waals surface area contributed by atoms with E-state index in [0.29, 0.717) is 0 Å². The first-order valence-corrected chi connectivity index (χ1v) is 6.48. The molecule has 0 aromatic heterocycles. The maximum atomic E-state index is 12.4. The Morgan fingerprint density at radius 3 is 2.15 bits per heavy atom. The van der Waals surface area contributed by atoms with Gasteiger partial charge in [-0.25, -0.2) is 14.5 Å². The van der Waals surface area contributed by atoms with Gasteiger partial charge < -0.3 is 4.74 Å². The fourth-order valence-electron chi connectivity index (χ4n) is 2.25. The molecule has 0 aliphatic carbocycles. The van der Waals surface area contributed by atoms with Crippen LogP contribution in [0, 0.1) is 17.8 Å². The van der Waals surface area contributed by atoms with Gasteiger partial charge in [-0.15, -0.1) is 0 Å². The Morgan fingerprint density at radius 1 is 1.20 bits per heavy atom. The third-order valence-electron chi connectivity index (χ3n) is 3.25. The van der Waals surface area contributed by atoms with Crippen molar-refractivity contribution < 1.29 is 23.9 Å². The molecule has 1 heterocycles. The summed E-state index contributed by atoms with van der Waals surface area (Å²) in [5.74, 6) is -3.53. The van der Waals surface area contributed by atoms with Gasteiger partial charge in [-0.1, -0.05) is 27.7 Å². The normalized spacial score (nSPS) is 21.2. The zero-order valence-corrected chi connectivity index (χ0v) is 12.3. The van der Waals surface area contributed by atoms with E-state index in [1.165, 1.54) is 7.11 Å². The van der Waals surface area contributed by atoms with Crippen LogP contribution in [0.15, 0.2) is 0 Å². The number of carbonyl (C=O) groups is 4. The Hall–Kier alpha value is -1.92. The molecule has 0 spiro atoms. The van der Waals surface area contributed by atoms with Crippen molar-refractivity contribution in [3.8, 4) is 0 Å². The van der Waals surface area contributed by atoms with Crippen LogP contribution in [0.25, 0.3) is 0 Å². The van der Waals surface area contributed by atoms with E-state index in [-0.39, 0.29) is 11.8 Å². The van der Waals surface area contributed by atoms with E-state index >= 15 is 0 Å². The van der Waals surface area contributed by atoms with Gasteiger partial charge in [-0.2, -0.15) is 0 Å². The smallest absolute Gasteiger partial charge is 0.331 e. The zero-order valence-electron chi connectivity index (χ0n) is 12.3. The van der Waals surface area contributed by atoms with Crippen molar-refractivity contribution in [3.63, 3.8) is 0 Å². The highest BCUT2D eigenvalue weighted by molar-refractivity contribution is 6.17. The van der Waals surface area contributed by atoms with E-state index in [1.807, 2.05) is 0 Å². The third kappa shape index (κ3) is 2.81. The van der Waals surface area contributed by atoms with Gasteiger partial charge in [0.2, 0.25) is 11.8 Å². The number of methoxy groups -OCH3 is 1. The second kappa shape index (κ2) is 6.02. The van der Waals surface area contributed by atoms with Crippen molar-refractivity contribution in [2.24, 2.45) is 17.8 Å². The fourth-order valence-corrected chi connectivity index (χ4v) is 2.25. The number of amides is 4. The predicted molar refractivity (Wildman–Crippen MR) is 69.4 cm³/mol. The summed E-state index contributed by atoms with van der Waals surface area (Å²) in [6.45, 7) is 6.81. The minimum absolute atomic E-state index is 0.274. The molecule has 1 saturated heterocycles. The van der Waals surface area contributed by atoms with Gasteiger partial charge in [-0.05, 0) is 11.8 Å². The molecule has 0 aromatic carbocycles. The summed E-state index contributed by atoms with van der Waals surface area (Å²) in [6.07, 6.45) is 0. The van der Waals surface area contributed by atoms with Crippen LogP contribution in [-0.2, 0) is 19.1 Å². The molecule has 7 nitrogen and oxygen atoms in total. The van der Waals surface area contributed by atoms with Crippen LogP contribution < -0.4 is 5.32 Å². The van der Waals surface area contributed by atoms with Crippen LogP contribution in [-0.4, -0.2) is 41.9 Å². The van der Waals surface area contributed by atoms with Gasteiger partial charge in [0, 0.05) is 0 Å². The van der Waals surface area contributed by atoms with Gasteiger partial charge in [0.15, 0.2) is 0 Å². The highest BCUT2D eigenvalue weighted by Crippen LogP contribution is 2.23. The average Bonchev–Trinajstić information content (AvgIpc) is 2.31. The quantitative estimate of drug-likeness (QED) is 0.600. The van der Waals surface area contributed by atoms with Gasteiger partial charge in [-0.3, -0.25) is 14.9 Å². The van der Waals surface area contributed by atoms with E-state index in [0.717, 1.165) is 4.90 Å². The van der Waals surface area contributed by atoms with Gasteiger partial charge in [0.05, 0.1) is 7.11 Å². The minimum Gasteiger partial charge on any atom is -0.467 e. The molecule has 1 aliphatic rings. The van der Waals surface area contributed by atoms with Gasteiger partial charge in [0.25, 0.3) is 0 Å². The number of urea groups is 1. The molecule has 0 radical (unpaired) electrons. The number of nitrogens with one attached hydrogen (secondary N) is 1. The highest BCUT2D eigenvalue weighted by atomic mass is 16.5. The monoisotopic (exact) mass is 284 g/mol. The molecule has 2 atom stereocenters. The minimum atomic E-state index is -1.04. The molecular formula is C13H20N2O5. The number of rotatable bonds is 4. The Morgan fingerprint density at radius 2 is 1.75 bits per heavy atom. The molecule has 1 rings (SSSR count). The molecule has 1 N–H and O–H groups in total. The van der Waals surface area contributed by atoms with Crippen molar-refractivity contribution in [1.82, 2.24) is 10.2 Å². The Bertz CT molecular complexity index is 444. The molecule has 4 amide bonds. The van der Waals surface area contributed by atoms with E-state index in [9.17, 15) is 19.2 Å². The molecule has 0 bridgehead atoms. The summed E-state index contributed by atoms with van der Waals surface area (Å²) in [7, 11) is 1.19. The van der Waals surface area contributed by atoms with Crippen LogP contribution in [0.5, 0.6) is 0 Å². The maximum Gasteiger partial charge on any atom is 0.331 e. The van der Waals surface area contributed by atoms with Crippen LogP contribution in [0.2, 0.25) is 0 Å². The third-order valence-corrected chi connectivity index (χ3v) is 3.25. The highest BCUT2D eigenvalue weighted by Gasteiger charge is 2.47. The number of nitrogens with zero attached hydrogens (tertiary/aromatic N) is 1. The molecule has 0 aromatic rings. The number of ether oxygens (including phenoxy) is 1. The summed E-state index contributed by atoms with van der Waals surface area (Å²) in [4.78, 5) is 48.7. The first kappa shape index (κ1) is 16.1. The summed E-state index contributed by atoms with van der Waals surface area (Å²) >= 11 is 0. The first-order chi connectivity index (χ1) is 9.22. The molecule has 112 valence electrons. The number of esters is 1. The van der Waals surface area contributed by atoms with Crippen molar-refractivity contribution in [3.05, 3.63) is 0 Å². The number of hydrogen-bond donors (Lipinski definition) is 1. The van der Waals surface area contributed by atoms with Gasteiger partial charge in [0.1, 0.15) is 12.0 Å². The molecule has 1 aliphatic heterocycles. The second-order valence-corrected chi connectivity index (χ2v) is 5.44. The molecular weight excluding hydrogens is 264 g/mol. The van der Waals surface area contributed by atoms with Crippen molar-refractivity contribution >= 4 is 23.8 Å². The lowest BCUT2D eigenvalue weighted by Gasteiger charge is -2.37. The summed E-state index contributed by atoms with van der Waals surface area (Å²) in [6, 6.07) is -1.91. The first-order valence-electron chi connectivity index (χ1n) is 6.48. The van der Waals surface area contributed by atoms with Crippen molar-refractivity contribution in [1.29, 1.82) is 0 Å². The lowest BCUT2D eigenvalue weighted by atomic mass is 9.90. The van der Waals surface area contributed by atoms with Crippen LogP contribution in [0.1, 0.15) is 27.7 Å². The van der Waals surface area contributed by atoms with E-state index in [4.69, 9.17) is 0 Å². The van der Waals surface area contributed by atoms with E-state index in [1.54, 1.807) is 27.7 Å². The van der Waals surface area contributed by atoms with E-state index in [2.05, 4.69) is 10.1 Å². The molecule has 2 unspecified atom stereocenters. The van der Waals surface area contributed by atoms with Gasteiger partial charge >= 0.3 is 12.0 Å². The summed E-state index contributed by atoms with van der Waals surface area (Å²) < 4.78 is 4.65. The molecule has 7 heteroatoms. The lowest BCUT2D eigenvalue weighted by molar-refractivity contribution is -0.157. The largest absolute Gasteiger partial charge is 0.467 e. The fraction of sp³-hybridized carbons (Fsp3) is 0.692. The standard InChI is InChI=1S/C13H20N2O5/c1-6(2)8-10(16)14-13(19)15(11(8)17)9(7(3)4)12(18)20-5/h6-9H,1-5H3,(H,14,16,19). The number of imide groups is 2. The number of barbiturate groups is 1. The number of hydrogen-bond acceptors (Lipinski definition) is 5. The zero-order chi connectivity index (χ0) is 15.6. The molecule has 1 fully saturated rings. The Labute approximate surface area is 117 Å². The average molecular weight is 284 g/mol. The topological polar surface area (TPSA) is 92.8 Å². The molecule has 0 saturated carbocycles. The van der Waals surface area contributed by atoms with E-state index < -0.39 is 35.8 Å². The van der Waals surface area contributed by atoms with Crippen LogP contribution in [0.3, 0.4) is 0 Å². The maximum absolute atomic E-state index is 12.4. The SMILES string of the molecule is COC(=O)C(C(C)C)N1C(=O)NC(=O)C(C(C)C)C1=O. The van der Waals surface area contributed by atoms with Crippen molar-refractivity contribution in [2.75, 3.05) is 7.11 Å². The van der Waals surface area contributed by atoms with Crippen molar-refractivity contribution in [2.45, 2.75) is 33.7 Å². The summed E-state index contributed by atoms with van der Waals surface area (Å²) in [5, 5.41) is 2.12. The number of carbonyl (C=O) groups excluding carboxylic acids is 4. The lowest BCUT2D eigenvalue weighted by Crippen LogP contribution is -2.64. The summed E-state index contributed by atoms with van der Waals surface area (Å²) in [5.41, 5.74) is 0.